The molecule has 0 bridgehead atoms. The van der Waals surface area contributed by atoms with Gasteiger partial charge in [-0.15, -0.1) is 0 Å². The molecule has 1 aliphatic heterocycles. The number of pyridine rings is 2. The summed E-state index contributed by atoms with van der Waals surface area (Å²) in [5, 5.41) is 17.6. The first-order valence-electron chi connectivity index (χ1n) is 8.75. The molecule has 2 aromatic rings. The van der Waals surface area contributed by atoms with Crippen LogP contribution in [0.4, 0.5) is 32.2 Å². The highest BCUT2D eigenvalue weighted by molar-refractivity contribution is 5.73. The zero-order chi connectivity index (χ0) is 24.4. The second-order valence-electron chi connectivity index (χ2n) is 5.96. The smallest absolute Gasteiger partial charge is 0.475 e. The SMILES string of the molecule is O=C(O)C(F)(F)F.O=C(O)C(F)(F)F.c1cc(-c2ccncc2)nc(N2CCNCC2)c1. The Bertz CT molecular complexity index is 848. The Morgan fingerprint density at radius 3 is 1.78 bits per heavy atom. The summed E-state index contributed by atoms with van der Waals surface area (Å²) in [6.45, 7) is 4.10. The van der Waals surface area contributed by atoms with E-state index in [4.69, 9.17) is 24.8 Å². The van der Waals surface area contributed by atoms with E-state index in [1.807, 2.05) is 18.2 Å². The first-order valence-corrected chi connectivity index (χ1v) is 8.75. The van der Waals surface area contributed by atoms with Gasteiger partial charge in [0.2, 0.25) is 0 Å². The van der Waals surface area contributed by atoms with Crippen molar-refractivity contribution in [3.8, 4) is 11.3 Å². The third-order valence-electron chi connectivity index (χ3n) is 3.64. The first kappa shape index (κ1) is 26.6. The minimum atomic E-state index is -5.08. The van der Waals surface area contributed by atoms with Crippen molar-refractivity contribution in [3.05, 3.63) is 42.7 Å². The molecule has 3 N–H and O–H groups in total. The number of nitrogens with zero attached hydrogens (tertiary/aromatic N) is 3. The summed E-state index contributed by atoms with van der Waals surface area (Å²) >= 11 is 0. The lowest BCUT2D eigenvalue weighted by atomic mass is 10.2. The van der Waals surface area contributed by atoms with Gasteiger partial charge in [0.25, 0.3) is 0 Å². The number of carboxylic acid groups (broad SMARTS) is 2. The summed E-state index contributed by atoms with van der Waals surface area (Å²) in [5.74, 6) is -4.45. The molecule has 0 radical (unpaired) electrons. The second-order valence-corrected chi connectivity index (χ2v) is 5.96. The molecular formula is C18H18F6N4O4. The number of nitrogens with one attached hydrogen (secondary N) is 1. The van der Waals surface area contributed by atoms with Crippen molar-refractivity contribution in [2.24, 2.45) is 0 Å². The summed E-state index contributed by atoms with van der Waals surface area (Å²) in [6.07, 6.45) is -6.57. The van der Waals surface area contributed by atoms with Crippen LogP contribution in [-0.4, -0.2) is 70.7 Å². The van der Waals surface area contributed by atoms with Crippen molar-refractivity contribution in [2.45, 2.75) is 12.4 Å². The average molecular weight is 468 g/mol. The minimum absolute atomic E-state index is 1.01. The molecule has 8 nitrogen and oxygen atoms in total. The van der Waals surface area contributed by atoms with Gasteiger partial charge in [-0.3, -0.25) is 4.98 Å². The third-order valence-corrected chi connectivity index (χ3v) is 3.64. The number of hydrogen-bond acceptors (Lipinski definition) is 6. The highest BCUT2D eigenvalue weighted by atomic mass is 19.4. The molecule has 0 spiro atoms. The predicted octanol–water partition coefficient (Wildman–Crippen LogP) is 2.82. The monoisotopic (exact) mass is 468 g/mol. The normalized spacial score (nSPS) is 13.8. The molecule has 1 aliphatic rings. The molecule has 176 valence electrons. The number of aromatic nitrogens is 2. The molecule has 0 atom stereocenters. The van der Waals surface area contributed by atoms with E-state index in [1.165, 1.54) is 0 Å². The van der Waals surface area contributed by atoms with Crippen LogP contribution in [-0.2, 0) is 9.59 Å². The summed E-state index contributed by atoms with van der Waals surface area (Å²) in [6, 6.07) is 10.2. The maximum atomic E-state index is 10.6. The Hall–Kier alpha value is -3.42. The van der Waals surface area contributed by atoms with Crippen LogP contribution in [0.5, 0.6) is 0 Å². The second kappa shape index (κ2) is 11.8. The molecule has 0 saturated carbocycles. The lowest BCUT2D eigenvalue weighted by Gasteiger charge is -2.28. The van der Waals surface area contributed by atoms with Gasteiger partial charge in [0, 0.05) is 44.1 Å². The topological polar surface area (TPSA) is 116 Å². The fourth-order valence-electron chi connectivity index (χ4n) is 2.18. The van der Waals surface area contributed by atoms with Crippen molar-refractivity contribution in [1.82, 2.24) is 15.3 Å². The summed E-state index contributed by atoms with van der Waals surface area (Å²) < 4.78 is 63.5. The molecule has 0 amide bonds. The molecule has 1 saturated heterocycles. The highest BCUT2D eigenvalue weighted by Gasteiger charge is 2.38. The van der Waals surface area contributed by atoms with Gasteiger partial charge >= 0.3 is 24.3 Å². The number of aliphatic carboxylic acids is 2. The third kappa shape index (κ3) is 9.59. The minimum Gasteiger partial charge on any atom is -0.475 e. The van der Waals surface area contributed by atoms with Gasteiger partial charge in [0.1, 0.15) is 5.82 Å². The zero-order valence-electron chi connectivity index (χ0n) is 16.2. The number of halogens is 6. The number of carbonyl (C=O) groups is 2. The van der Waals surface area contributed by atoms with Gasteiger partial charge in [-0.2, -0.15) is 26.3 Å². The van der Waals surface area contributed by atoms with E-state index >= 15 is 0 Å². The summed E-state index contributed by atoms with van der Waals surface area (Å²) in [4.78, 5) is 28.9. The molecule has 3 rings (SSSR count). The molecule has 3 heterocycles. The van der Waals surface area contributed by atoms with Crippen LogP contribution in [0.25, 0.3) is 11.3 Å². The largest absolute Gasteiger partial charge is 0.490 e. The number of alkyl halides is 6. The number of hydrogen-bond donors (Lipinski definition) is 3. The Labute approximate surface area is 177 Å². The lowest BCUT2D eigenvalue weighted by Crippen LogP contribution is -2.43. The molecule has 2 aromatic heterocycles. The van der Waals surface area contributed by atoms with Gasteiger partial charge in [0.05, 0.1) is 5.69 Å². The Morgan fingerprint density at radius 2 is 1.34 bits per heavy atom. The van der Waals surface area contributed by atoms with E-state index in [-0.39, 0.29) is 0 Å². The molecular weight excluding hydrogens is 450 g/mol. The maximum absolute atomic E-state index is 10.6. The number of anilines is 1. The number of piperazine rings is 1. The molecule has 0 aliphatic carbocycles. The van der Waals surface area contributed by atoms with Crippen LogP contribution in [0.3, 0.4) is 0 Å². The maximum Gasteiger partial charge on any atom is 0.490 e. The van der Waals surface area contributed by atoms with E-state index in [1.54, 1.807) is 12.4 Å². The van der Waals surface area contributed by atoms with E-state index < -0.39 is 24.3 Å². The first-order chi connectivity index (χ1) is 14.8. The molecule has 14 heteroatoms. The Balaban J connectivity index is 0.000000305. The fraction of sp³-hybridized carbons (Fsp3) is 0.333. The summed E-state index contributed by atoms with van der Waals surface area (Å²) in [7, 11) is 0. The summed E-state index contributed by atoms with van der Waals surface area (Å²) in [5.41, 5.74) is 2.12. The number of rotatable bonds is 2. The quantitative estimate of drug-likeness (QED) is 0.577. The van der Waals surface area contributed by atoms with E-state index in [9.17, 15) is 26.3 Å². The van der Waals surface area contributed by atoms with E-state index in [0.717, 1.165) is 43.3 Å². The van der Waals surface area contributed by atoms with Crippen molar-refractivity contribution in [1.29, 1.82) is 0 Å². The van der Waals surface area contributed by atoms with Gasteiger partial charge in [-0.1, -0.05) is 6.07 Å². The van der Waals surface area contributed by atoms with Crippen LogP contribution in [0.15, 0.2) is 42.7 Å². The van der Waals surface area contributed by atoms with Gasteiger partial charge in [0.15, 0.2) is 0 Å². The predicted molar refractivity (Wildman–Crippen MR) is 99.9 cm³/mol. The standard InChI is InChI=1S/C14H16N4.2C2HF3O2/c1-2-13(12-4-6-15-7-5-12)17-14(3-1)18-10-8-16-9-11-18;2*3-2(4,5)1(6)7/h1-7,16H,8-11H2;2*(H,6,7). The van der Waals surface area contributed by atoms with E-state index in [2.05, 4.69) is 27.3 Å². The van der Waals surface area contributed by atoms with Gasteiger partial charge in [-0.25, -0.2) is 14.6 Å². The fourth-order valence-corrected chi connectivity index (χ4v) is 2.18. The van der Waals surface area contributed by atoms with Crippen molar-refractivity contribution in [2.75, 3.05) is 31.1 Å². The highest BCUT2D eigenvalue weighted by Crippen LogP contribution is 2.20. The van der Waals surface area contributed by atoms with Crippen LogP contribution in [0.2, 0.25) is 0 Å². The van der Waals surface area contributed by atoms with E-state index in [0.29, 0.717) is 0 Å². The average Bonchev–Trinajstić information content (AvgIpc) is 2.75. The van der Waals surface area contributed by atoms with Crippen molar-refractivity contribution in [3.63, 3.8) is 0 Å². The van der Waals surface area contributed by atoms with Crippen LogP contribution < -0.4 is 10.2 Å². The number of carboxylic acids is 2. The molecule has 0 aromatic carbocycles. The van der Waals surface area contributed by atoms with Crippen LogP contribution in [0.1, 0.15) is 0 Å². The Kier molecular flexibility index (Phi) is 9.84. The van der Waals surface area contributed by atoms with Crippen molar-refractivity contribution < 1.29 is 46.1 Å². The van der Waals surface area contributed by atoms with Gasteiger partial charge < -0.3 is 20.4 Å². The molecule has 1 fully saturated rings. The van der Waals surface area contributed by atoms with Crippen molar-refractivity contribution >= 4 is 17.8 Å². The van der Waals surface area contributed by atoms with Crippen LogP contribution >= 0.6 is 0 Å². The molecule has 0 unspecified atom stereocenters. The lowest BCUT2D eigenvalue weighted by molar-refractivity contribution is -0.193. The van der Waals surface area contributed by atoms with Crippen LogP contribution in [0, 0.1) is 0 Å². The van der Waals surface area contributed by atoms with Gasteiger partial charge in [-0.05, 0) is 24.3 Å². The zero-order valence-corrected chi connectivity index (χ0v) is 16.2. The Morgan fingerprint density at radius 1 is 0.875 bits per heavy atom. The molecule has 32 heavy (non-hydrogen) atoms.